The van der Waals surface area contributed by atoms with Crippen LogP contribution < -0.4 is 15.2 Å². The number of rotatable bonds is 2. The first-order valence-electron chi connectivity index (χ1n) is 5.94. The molecule has 1 spiro atoms. The summed E-state index contributed by atoms with van der Waals surface area (Å²) in [6.07, 6.45) is 3.20. The van der Waals surface area contributed by atoms with Crippen molar-refractivity contribution in [2.45, 2.75) is 37.9 Å². The largest absolute Gasteiger partial charge is 0.448 e. The molecule has 3 heteroatoms. The number of ether oxygens (including phenoxy) is 2. The normalized spacial score (nSPS) is 21.9. The quantitative estimate of drug-likeness (QED) is 0.830. The number of nitrogens with two attached hydrogens (primary N) is 1. The topological polar surface area (TPSA) is 44.5 Å². The van der Waals surface area contributed by atoms with Crippen molar-refractivity contribution in [1.29, 1.82) is 0 Å². The number of hydrogen-bond acceptors (Lipinski definition) is 3. The van der Waals surface area contributed by atoms with Crippen molar-refractivity contribution in [3.63, 3.8) is 0 Å². The minimum Gasteiger partial charge on any atom is -0.448 e. The van der Waals surface area contributed by atoms with Gasteiger partial charge < -0.3 is 15.2 Å². The molecule has 1 fully saturated rings. The molecule has 2 N–H and O–H groups in total. The van der Waals surface area contributed by atoms with Gasteiger partial charge in [0.15, 0.2) is 11.5 Å². The van der Waals surface area contributed by atoms with Crippen LogP contribution in [0, 0.1) is 0 Å². The molecule has 0 amide bonds. The molecule has 1 saturated carbocycles. The fourth-order valence-corrected chi connectivity index (χ4v) is 2.22. The van der Waals surface area contributed by atoms with Gasteiger partial charge in [0.2, 0.25) is 0 Å². The molecule has 0 saturated heterocycles. The van der Waals surface area contributed by atoms with Gasteiger partial charge >= 0.3 is 0 Å². The van der Waals surface area contributed by atoms with Gasteiger partial charge in [-0.2, -0.15) is 0 Å². The Labute approximate surface area is 95.5 Å². The average Bonchev–Trinajstić information content (AvgIpc) is 2.66. The third-order valence-corrected chi connectivity index (χ3v) is 3.60. The summed E-state index contributed by atoms with van der Waals surface area (Å²) < 4.78 is 11.7. The molecular formula is C13H17NO2. The van der Waals surface area contributed by atoms with Crippen LogP contribution in [0.3, 0.4) is 0 Å². The van der Waals surface area contributed by atoms with Crippen LogP contribution in [0.4, 0.5) is 0 Å². The maximum Gasteiger partial charge on any atom is 0.251 e. The van der Waals surface area contributed by atoms with Gasteiger partial charge in [0.1, 0.15) is 0 Å². The predicted octanol–water partition coefficient (Wildman–Crippen LogP) is 2.40. The average molecular weight is 219 g/mol. The second-order valence-electron chi connectivity index (χ2n) is 4.81. The van der Waals surface area contributed by atoms with E-state index in [-0.39, 0.29) is 5.79 Å². The Morgan fingerprint density at radius 3 is 2.69 bits per heavy atom. The lowest BCUT2D eigenvalue weighted by molar-refractivity contribution is -0.138. The van der Waals surface area contributed by atoms with E-state index >= 15 is 0 Å². The predicted molar refractivity (Wildman–Crippen MR) is 61.7 cm³/mol. The van der Waals surface area contributed by atoms with E-state index in [0.717, 1.165) is 24.3 Å². The van der Waals surface area contributed by atoms with Gasteiger partial charge in [-0.25, -0.2) is 0 Å². The number of fused-ring (bicyclic) bond motifs is 1. The summed E-state index contributed by atoms with van der Waals surface area (Å²) in [6.45, 7) is 2.78. The van der Waals surface area contributed by atoms with Crippen molar-refractivity contribution in [1.82, 2.24) is 0 Å². The van der Waals surface area contributed by atoms with E-state index in [9.17, 15) is 0 Å². The first kappa shape index (κ1) is 9.97. The Kier molecular flexibility index (Phi) is 2.11. The fraction of sp³-hybridized carbons (Fsp3) is 0.538. The van der Waals surface area contributed by atoms with Crippen LogP contribution in [-0.2, 0) is 0 Å². The lowest BCUT2D eigenvalue weighted by Crippen LogP contribution is -2.45. The second kappa shape index (κ2) is 3.39. The SMILES string of the molecule is CC(CN)c1ccc2c(c1)OC1(CCC1)O2. The summed E-state index contributed by atoms with van der Waals surface area (Å²) in [5.41, 5.74) is 6.89. The Morgan fingerprint density at radius 2 is 2.06 bits per heavy atom. The molecule has 1 heterocycles. The molecule has 3 rings (SSSR count). The molecule has 1 aliphatic carbocycles. The van der Waals surface area contributed by atoms with E-state index in [1.54, 1.807) is 0 Å². The van der Waals surface area contributed by atoms with Crippen molar-refractivity contribution in [3.8, 4) is 11.5 Å². The van der Waals surface area contributed by atoms with Gasteiger partial charge in [0, 0.05) is 12.8 Å². The molecule has 0 radical (unpaired) electrons. The van der Waals surface area contributed by atoms with E-state index in [2.05, 4.69) is 19.1 Å². The van der Waals surface area contributed by atoms with E-state index in [1.165, 1.54) is 12.0 Å². The van der Waals surface area contributed by atoms with Crippen molar-refractivity contribution in [2.24, 2.45) is 5.73 Å². The monoisotopic (exact) mass is 219 g/mol. The highest BCUT2D eigenvalue weighted by atomic mass is 16.7. The second-order valence-corrected chi connectivity index (χ2v) is 4.81. The highest BCUT2D eigenvalue weighted by Crippen LogP contribution is 2.48. The smallest absolute Gasteiger partial charge is 0.251 e. The molecule has 3 nitrogen and oxygen atoms in total. The minimum atomic E-state index is -0.326. The summed E-state index contributed by atoms with van der Waals surface area (Å²) in [5.74, 6) is 1.81. The van der Waals surface area contributed by atoms with E-state index in [1.807, 2.05) is 6.07 Å². The zero-order chi connectivity index (χ0) is 11.2. The van der Waals surface area contributed by atoms with E-state index in [0.29, 0.717) is 12.5 Å². The van der Waals surface area contributed by atoms with Crippen LogP contribution in [0.2, 0.25) is 0 Å². The summed E-state index contributed by atoms with van der Waals surface area (Å²) >= 11 is 0. The minimum absolute atomic E-state index is 0.326. The molecular weight excluding hydrogens is 202 g/mol. The summed E-state index contributed by atoms with van der Waals surface area (Å²) in [4.78, 5) is 0. The van der Waals surface area contributed by atoms with Crippen molar-refractivity contribution < 1.29 is 9.47 Å². The van der Waals surface area contributed by atoms with E-state index < -0.39 is 0 Å². The van der Waals surface area contributed by atoms with Crippen LogP contribution in [0.5, 0.6) is 11.5 Å². The van der Waals surface area contributed by atoms with Gasteiger partial charge in [0.25, 0.3) is 5.79 Å². The first-order chi connectivity index (χ1) is 7.72. The third-order valence-electron chi connectivity index (χ3n) is 3.60. The molecule has 1 aromatic rings. The lowest BCUT2D eigenvalue weighted by Gasteiger charge is -2.35. The Hall–Kier alpha value is -1.22. The van der Waals surface area contributed by atoms with Gasteiger partial charge in [0.05, 0.1) is 0 Å². The molecule has 16 heavy (non-hydrogen) atoms. The number of benzene rings is 1. The van der Waals surface area contributed by atoms with Gasteiger partial charge in [-0.05, 0) is 36.6 Å². The summed E-state index contributed by atoms with van der Waals surface area (Å²) in [6, 6.07) is 6.15. The standard InChI is InChI=1S/C13H17NO2/c1-9(8-14)10-3-4-11-12(7-10)16-13(15-11)5-2-6-13/h3-4,7,9H,2,5-6,8,14H2,1H3. The summed E-state index contributed by atoms with van der Waals surface area (Å²) in [5, 5.41) is 0. The van der Waals surface area contributed by atoms with Crippen molar-refractivity contribution in [3.05, 3.63) is 23.8 Å². The zero-order valence-corrected chi connectivity index (χ0v) is 9.53. The summed E-state index contributed by atoms with van der Waals surface area (Å²) in [7, 11) is 0. The molecule has 86 valence electrons. The third kappa shape index (κ3) is 1.39. The molecule has 1 unspecified atom stereocenters. The molecule has 1 atom stereocenters. The lowest BCUT2D eigenvalue weighted by atomic mass is 9.91. The van der Waals surface area contributed by atoms with Crippen LogP contribution in [-0.4, -0.2) is 12.3 Å². The van der Waals surface area contributed by atoms with Crippen LogP contribution in [0.25, 0.3) is 0 Å². The highest BCUT2D eigenvalue weighted by Gasteiger charge is 2.47. The molecule has 1 aromatic carbocycles. The molecule has 2 aliphatic rings. The molecule has 0 bridgehead atoms. The fourth-order valence-electron chi connectivity index (χ4n) is 2.22. The zero-order valence-electron chi connectivity index (χ0n) is 9.53. The van der Waals surface area contributed by atoms with Gasteiger partial charge in [-0.15, -0.1) is 0 Å². The Balaban J connectivity index is 1.88. The van der Waals surface area contributed by atoms with Crippen molar-refractivity contribution >= 4 is 0 Å². The Morgan fingerprint density at radius 1 is 1.31 bits per heavy atom. The van der Waals surface area contributed by atoms with Gasteiger partial charge in [-0.1, -0.05) is 13.0 Å². The van der Waals surface area contributed by atoms with Crippen LogP contribution >= 0.6 is 0 Å². The van der Waals surface area contributed by atoms with Gasteiger partial charge in [-0.3, -0.25) is 0 Å². The molecule has 1 aliphatic heterocycles. The highest BCUT2D eigenvalue weighted by molar-refractivity contribution is 5.47. The van der Waals surface area contributed by atoms with Crippen LogP contribution in [0.1, 0.15) is 37.7 Å². The molecule has 0 aromatic heterocycles. The maximum absolute atomic E-state index is 5.90. The van der Waals surface area contributed by atoms with Crippen LogP contribution in [0.15, 0.2) is 18.2 Å². The van der Waals surface area contributed by atoms with E-state index in [4.69, 9.17) is 15.2 Å². The number of hydrogen-bond donors (Lipinski definition) is 1. The maximum atomic E-state index is 5.90. The van der Waals surface area contributed by atoms with Crippen molar-refractivity contribution in [2.75, 3.05) is 6.54 Å². The Bertz CT molecular complexity index is 412. The first-order valence-corrected chi connectivity index (χ1v) is 5.94.